The van der Waals surface area contributed by atoms with Crippen molar-refractivity contribution in [3.05, 3.63) is 0 Å². The Morgan fingerprint density at radius 2 is 1.89 bits per heavy atom. The van der Waals surface area contributed by atoms with Crippen molar-refractivity contribution in [2.45, 2.75) is 64.5 Å². The molecular weight excluding hydrogens is 238 g/mol. The van der Waals surface area contributed by atoms with Gasteiger partial charge in [-0.15, -0.1) is 0 Å². The topological polar surface area (TPSA) is 49.6 Å². The Kier molecular flexibility index (Phi) is 7.39. The molecule has 0 bridgehead atoms. The van der Waals surface area contributed by atoms with Gasteiger partial charge in [-0.3, -0.25) is 9.69 Å². The fourth-order valence-corrected chi connectivity index (χ4v) is 3.03. The lowest BCUT2D eigenvalue weighted by atomic mass is 9.93. The number of carbonyl (C=O) groups excluding carboxylic acids is 1. The number of nitrogens with two attached hydrogens (primary N) is 1. The molecule has 1 amide bonds. The Morgan fingerprint density at radius 1 is 1.26 bits per heavy atom. The van der Waals surface area contributed by atoms with Crippen LogP contribution in [-0.4, -0.2) is 54.5 Å². The summed E-state index contributed by atoms with van der Waals surface area (Å²) < 4.78 is 0. The van der Waals surface area contributed by atoms with Crippen LogP contribution in [0.1, 0.15) is 52.4 Å². The fraction of sp³-hybridized carbons (Fsp3) is 0.933. The Labute approximate surface area is 118 Å². The van der Waals surface area contributed by atoms with Crippen LogP contribution in [-0.2, 0) is 4.79 Å². The molecule has 4 nitrogen and oxygen atoms in total. The summed E-state index contributed by atoms with van der Waals surface area (Å²) in [5.41, 5.74) is 5.51. The molecule has 0 spiro atoms. The van der Waals surface area contributed by atoms with Crippen LogP contribution in [0.5, 0.6) is 0 Å². The van der Waals surface area contributed by atoms with Crippen molar-refractivity contribution in [1.82, 2.24) is 9.80 Å². The minimum atomic E-state index is 0.279. The molecule has 0 atom stereocenters. The molecular formula is C15H31N3O. The maximum Gasteiger partial charge on any atom is 0.237 e. The zero-order valence-corrected chi connectivity index (χ0v) is 12.9. The van der Waals surface area contributed by atoms with Gasteiger partial charge in [0.15, 0.2) is 0 Å². The van der Waals surface area contributed by atoms with Gasteiger partial charge in [0.05, 0.1) is 6.54 Å². The average molecular weight is 269 g/mol. The quantitative estimate of drug-likeness (QED) is 0.767. The molecule has 0 aliphatic heterocycles. The zero-order chi connectivity index (χ0) is 14.3. The van der Waals surface area contributed by atoms with Gasteiger partial charge >= 0.3 is 0 Å². The van der Waals surface area contributed by atoms with E-state index in [1.54, 1.807) is 0 Å². The molecule has 112 valence electrons. The van der Waals surface area contributed by atoms with Gasteiger partial charge in [0.2, 0.25) is 5.91 Å². The second-order valence-electron chi connectivity index (χ2n) is 6.07. The normalized spacial score (nSPS) is 17.2. The largest absolute Gasteiger partial charge is 0.336 e. The van der Waals surface area contributed by atoms with Crippen molar-refractivity contribution in [2.24, 2.45) is 5.73 Å². The van der Waals surface area contributed by atoms with E-state index >= 15 is 0 Å². The van der Waals surface area contributed by atoms with Gasteiger partial charge in [-0.05, 0) is 53.2 Å². The summed E-state index contributed by atoms with van der Waals surface area (Å²) in [7, 11) is 2.01. The van der Waals surface area contributed by atoms with Gasteiger partial charge < -0.3 is 10.6 Å². The highest BCUT2D eigenvalue weighted by Crippen LogP contribution is 2.24. The number of hydrogen-bond acceptors (Lipinski definition) is 3. The first-order chi connectivity index (χ1) is 9.06. The maximum atomic E-state index is 12.5. The van der Waals surface area contributed by atoms with Gasteiger partial charge in [-0.2, -0.15) is 0 Å². The first kappa shape index (κ1) is 16.4. The van der Waals surface area contributed by atoms with E-state index in [2.05, 4.69) is 23.6 Å². The molecule has 1 fully saturated rings. The van der Waals surface area contributed by atoms with Crippen LogP contribution in [0.3, 0.4) is 0 Å². The van der Waals surface area contributed by atoms with Crippen LogP contribution in [0.25, 0.3) is 0 Å². The molecule has 4 heteroatoms. The zero-order valence-electron chi connectivity index (χ0n) is 12.9. The Hall–Kier alpha value is -0.610. The summed E-state index contributed by atoms with van der Waals surface area (Å²) in [5.74, 6) is 0.279. The number of likely N-dealkylation sites (N-methyl/N-ethyl adjacent to an activating group) is 1. The molecule has 0 heterocycles. The summed E-state index contributed by atoms with van der Waals surface area (Å²) in [6.07, 6.45) is 7.17. The van der Waals surface area contributed by atoms with Crippen molar-refractivity contribution >= 4 is 5.91 Å². The first-order valence-corrected chi connectivity index (χ1v) is 7.76. The Balaban J connectivity index is 2.52. The molecule has 2 N–H and O–H groups in total. The molecule has 0 unspecified atom stereocenters. The van der Waals surface area contributed by atoms with E-state index in [1.165, 1.54) is 32.1 Å². The molecule has 1 aliphatic carbocycles. The van der Waals surface area contributed by atoms with Gasteiger partial charge in [-0.1, -0.05) is 19.3 Å². The van der Waals surface area contributed by atoms with E-state index in [0.717, 1.165) is 13.0 Å². The second-order valence-corrected chi connectivity index (χ2v) is 6.07. The van der Waals surface area contributed by atoms with E-state index in [9.17, 15) is 4.79 Å². The molecule has 0 aromatic heterocycles. The standard InChI is InChI=1S/C15H31N3O/c1-13(2)18(14-8-5-4-6-9-14)15(19)12-17(3)11-7-10-16/h13-14H,4-12,16H2,1-3H3. The monoisotopic (exact) mass is 269 g/mol. The van der Waals surface area contributed by atoms with Crippen molar-refractivity contribution < 1.29 is 4.79 Å². The van der Waals surface area contributed by atoms with Gasteiger partial charge in [-0.25, -0.2) is 0 Å². The van der Waals surface area contributed by atoms with Gasteiger partial charge in [0.1, 0.15) is 0 Å². The predicted octanol–water partition coefficient (Wildman–Crippen LogP) is 1.84. The van der Waals surface area contributed by atoms with Crippen molar-refractivity contribution in [1.29, 1.82) is 0 Å². The Bertz CT molecular complexity index is 262. The van der Waals surface area contributed by atoms with E-state index in [1.807, 2.05) is 7.05 Å². The number of rotatable bonds is 7. The highest BCUT2D eigenvalue weighted by molar-refractivity contribution is 5.78. The average Bonchev–Trinajstić information content (AvgIpc) is 2.37. The predicted molar refractivity (Wildman–Crippen MR) is 80.0 cm³/mol. The highest BCUT2D eigenvalue weighted by atomic mass is 16.2. The Morgan fingerprint density at radius 3 is 2.42 bits per heavy atom. The lowest BCUT2D eigenvalue weighted by Crippen LogP contribution is -2.49. The number of nitrogens with zero attached hydrogens (tertiary/aromatic N) is 2. The summed E-state index contributed by atoms with van der Waals surface area (Å²) in [6.45, 7) is 6.38. The van der Waals surface area contributed by atoms with Crippen molar-refractivity contribution in [3.63, 3.8) is 0 Å². The minimum Gasteiger partial charge on any atom is -0.336 e. The highest BCUT2D eigenvalue weighted by Gasteiger charge is 2.27. The van der Waals surface area contributed by atoms with E-state index in [-0.39, 0.29) is 5.91 Å². The fourth-order valence-electron chi connectivity index (χ4n) is 3.03. The lowest BCUT2D eigenvalue weighted by Gasteiger charge is -2.38. The van der Waals surface area contributed by atoms with Gasteiger partial charge in [0.25, 0.3) is 0 Å². The third-order valence-electron chi connectivity index (χ3n) is 3.96. The smallest absolute Gasteiger partial charge is 0.237 e. The first-order valence-electron chi connectivity index (χ1n) is 7.76. The second kappa shape index (κ2) is 8.54. The molecule has 1 rings (SSSR count). The van der Waals surface area contributed by atoms with Crippen LogP contribution >= 0.6 is 0 Å². The summed E-state index contributed by atoms with van der Waals surface area (Å²) in [4.78, 5) is 16.7. The number of amides is 1. The van der Waals surface area contributed by atoms with E-state index < -0.39 is 0 Å². The van der Waals surface area contributed by atoms with Crippen LogP contribution in [0, 0.1) is 0 Å². The third kappa shape index (κ3) is 5.49. The molecule has 0 aromatic rings. The molecule has 1 aliphatic rings. The summed E-state index contributed by atoms with van der Waals surface area (Å²) in [5, 5.41) is 0. The summed E-state index contributed by atoms with van der Waals surface area (Å²) >= 11 is 0. The minimum absolute atomic E-state index is 0.279. The van der Waals surface area contributed by atoms with Crippen LogP contribution in [0.15, 0.2) is 0 Å². The van der Waals surface area contributed by atoms with Crippen LogP contribution in [0.2, 0.25) is 0 Å². The molecule has 0 aromatic carbocycles. The third-order valence-corrected chi connectivity index (χ3v) is 3.96. The number of hydrogen-bond donors (Lipinski definition) is 1. The van der Waals surface area contributed by atoms with Crippen LogP contribution in [0.4, 0.5) is 0 Å². The molecule has 0 saturated heterocycles. The van der Waals surface area contributed by atoms with Crippen molar-refractivity contribution in [3.8, 4) is 0 Å². The molecule has 19 heavy (non-hydrogen) atoms. The van der Waals surface area contributed by atoms with Gasteiger partial charge in [0, 0.05) is 12.1 Å². The maximum absolute atomic E-state index is 12.5. The van der Waals surface area contributed by atoms with E-state index in [4.69, 9.17) is 5.73 Å². The lowest BCUT2D eigenvalue weighted by molar-refractivity contribution is -0.137. The number of carbonyl (C=O) groups is 1. The SMILES string of the molecule is CC(C)N(C(=O)CN(C)CCCN)C1CCCCC1. The summed E-state index contributed by atoms with van der Waals surface area (Å²) in [6, 6.07) is 0.766. The van der Waals surface area contributed by atoms with E-state index in [0.29, 0.717) is 25.2 Å². The molecule has 1 saturated carbocycles. The molecule has 0 radical (unpaired) electrons. The van der Waals surface area contributed by atoms with Crippen LogP contribution < -0.4 is 5.73 Å². The van der Waals surface area contributed by atoms with Crippen molar-refractivity contribution in [2.75, 3.05) is 26.7 Å².